The molecular weight excluding hydrogens is 250 g/mol. The van der Waals surface area contributed by atoms with Gasteiger partial charge in [0.25, 0.3) is 0 Å². The van der Waals surface area contributed by atoms with Gasteiger partial charge in [-0.15, -0.1) is 0 Å². The maximum atomic E-state index is 11.8. The third-order valence-corrected chi connectivity index (χ3v) is 3.95. The lowest BCUT2D eigenvalue weighted by atomic mass is 10.3. The normalized spacial score (nSPS) is 13.9. The van der Waals surface area contributed by atoms with E-state index in [4.69, 9.17) is 14.6 Å². The maximum Gasteiger partial charge on any atom is 0.320 e. The van der Waals surface area contributed by atoms with Crippen molar-refractivity contribution in [3.05, 3.63) is 0 Å². The molecule has 0 aromatic heterocycles. The maximum absolute atomic E-state index is 11.8. The molecule has 0 aliphatic carbocycles. The zero-order valence-electron chi connectivity index (χ0n) is 10.2. The minimum absolute atomic E-state index is 0.108. The minimum atomic E-state index is -3.84. The predicted octanol–water partition coefficient (Wildman–Crippen LogP) is -0.616. The first-order chi connectivity index (χ1) is 7.85. The number of carboxylic acid groups (broad SMARTS) is 1. The first-order valence-electron chi connectivity index (χ1n) is 5.04. The van der Waals surface area contributed by atoms with Crippen LogP contribution < -0.4 is 0 Å². The Morgan fingerprint density at radius 1 is 1.35 bits per heavy atom. The van der Waals surface area contributed by atoms with E-state index in [-0.39, 0.29) is 19.8 Å². The number of hydrogen-bond acceptors (Lipinski definition) is 5. The van der Waals surface area contributed by atoms with Gasteiger partial charge < -0.3 is 14.6 Å². The zero-order valence-corrected chi connectivity index (χ0v) is 11.1. The lowest BCUT2D eigenvalue weighted by Gasteiger charge is -2.26. The van der Waals surface area contributed by atoms with Gasteiger partial charge in [-0.05, 0) is 6.92 Å². The predicted molar refractivity (Wildman–Crippen MR) is 61.3 cm³/mol. The summed E-state index contributed by atoms with van der Waals surface area (Å²) in [5.74, 6) is -2.30. The van der Waals surface area contributed by atoms with Gasteiger partial charge in [-0.25, -0.2) is 8.42 Å². The van der Waals surface area contributed by atoms with E-state index in [1.807, 2.05) is 0 Å². The molecule has 0 aromatic carbocycles. The van der Waals surface area contributed by atoms with Crippen LogP contribution in [0.1, 0.15) is 6.92 Å². The zero-order chi connectivity index (χ0) is 13.5. The number of carboxylic acids is 1. The summed E-state index contributed by atoms with van der Waals surface area (Å²) in [7, 11) is -0.941. The van der Waals surface area contributed by atoms with Crippen molar-refractivity contribution in [3.63, 3.8) is 0 Å². The highest BCUT2D eigenvalue weighted by atomic mass is 32.2. The number of nitrogens with zero attached hydrogens (tertiary/aromatic N) is 1. The third-order valence-electron chi connectivity index (χ3n) is 2.08. The van der Waals surface area contributed by atoms with Crippen LogP contribution in [0.25, 0.3) is 0 Å². The molecule has 0 aromatic rings. The number of ether oxygens (including phenoxy) is 2. The summed E-state index contributed by atoms with van der Waals surface area (Å²) in [6, 6.07) is -0.431. The Morgan fingerprint density at radius 3 is 2.35 bits per heavy atom. The molecule has 102 valence electrons. The average Bonchev–Trinajstić information content (AvgIpc) is 2.16. The van der Waals surface area contributed by atoms with Crippen molar-refractivity contribution in [3.8, 4) is 0 Å². The summed E-state index contributed by atoms with van der Waals surface area (Å²) in [4.78, 5) is 10.5. The molecule has 0 rings (SSSR count). The fraction of sp³-hybridized carbons (Fsp3) is 0.889. The van der Waals surface area contributed by atoms with Crippen LogP contribution in [0.15, 0.2) is 0 Å². The Morgan fingerprint density at radius 2 is 1.94 bits per heavy atom. The molecule has 0 spiro atoms. The molecule has 17 heavy (non-hydrogen) atoms. The number of aliphatic carboxylic acids is 1. The van der Waals surface area contributed by atoms with Gasteiger partial charge >= 0.3 is 5.97 Å². The number of hydrogen-bond donors (Lipinski definition) is 1. The molecule has 0 fully saturated rings. The van der Waals surface area contributed by atoms with Crippen LogP contribution in [-0.2, 0) is 24.3 Å². The molecule has 0 saturated carbocycles. The van der Waals surface area contributed by atoms with Crippen LogP contribution in [0.2, 0.25) is 0 Å². The molecule has 0 aliphatic rings. The van der Waals surface area contributed by atoms with Crippen LogP contribution in [-0.4, -0.2) is 69.6 Å². The number of carbonyl (C=O) groups is 1. The van der Waals surface area contributed by atoms with Crippen LogP contribution in [0.3, 0.4) is 0 Å². The molecule has 0 radical (unpaired) electrons. The third kappa shape index (κ3) is 5.97. The van der Waals surface area contributed by atoms with E-state index in [1.165, 1.54) is 14.2 Å². The largest absolute Gasteiger partial charge is 0.480 e. The standard InChI is InChI=1S/C9H19NO6S/c1-8(6-16-3)10(4-5-15-2)17(13,14)7-9(11)12/h8H,4-7H2,1-3H3,(H,11,12). The van der Waals surface area contributed by atoms with Crippen LogP contribution >= 0.6 is 0 Å². The van der Waals surface area contributed by atoms with Crippen molar-refractivity contribution in [2.75, 3.05) is 39.7 Å². The Kier molecular flexibility index (Phi) is 7.28. The Balaban J connectivity index is 4.82. The van der Waals surface area contributed by atoms with Gasteiger partial charge in [-0.2, -0.15) is 4.31 Å². The second-order valence-corrected chi connectivity index (χ2v) is 5.48. The van der Waals surface area contributed by atoms with Crippen LogP contribution in [0.5, 0.6) is 0 Å². The number of methoxy groups -OCH3 is 2. The first kappa shape index (κ1) is 16.3. The van der Waals surface area contributed by atoms with Crippen molar-refractivity contribution in [1.29, 1.82) is 0 Å². The monoisotopic (exact) mass is 269 g/mol. The fourth-order valence-electron chi connectivity index (χ4n) is 1.38. The van der Waals surface area contributed by atoms with Crippen molar-refractivity contribution < 1.29 is 27.8 Å². The highest BCUT2D eigenvalue weighted by Crippen LogP contribution is 2.08. The molecule has 0 amide bonds. The molecule has 1 N–H and O–H groups in total. The van der Waals surface area contributed by atoms with E-state index in [9.17, 15) is 13.2 Å². The van der Waals surface area contributed by atoms with Gasteiger partial charge in [0.1, 0.15) is 0 Å². The van der Waals surface area contributed by atoms with E-state index < -0.39 is 27.8 Å². The number of rotatable bonds is 9. The van der Waals surface area contributed by atoms with Crippen molar-refractivity contribution >= 4 is 16.0 Å². The van der Waals surface area contributed by atoms with E-state index in [2.05, 4.69) is 0 Å². The van der Waals surface area contributed by atoms with Crippen LogP contribution in [0, 0.1) is 0 Å². The first-order valence-corrected chi connectivity index (χ1v) is 6.65. The van der Waals surface area contributed by atoms with Crippen molar-refractivity contribution in [2.45, 2.75) is 13.0 Å². The molecule has 0 heterocycles. The fourth-order valence-corrected chi connectivity index (χ4v) is 2.82. The van der Waals surface area contributed by atoms with Gasteiger partial charge in [0.15, 0.2) is 5.75 Å². The average molecular weight is 269 g/mol. The smallest absolute Gasteiger partial charge is 0.320 e. The number of sulfonamides is 1. The summed E-state index contributed by atoms with van der Waals surface area (Å²) in [6.45, 7) is 2.16. The summed E-state index contributed by atoms with van der Waals surface area (Å²) < 4.78 is 34.4. The van der Waals surface area contributed by atoms with Crippen molar-refractivity contribution in [1.82, 2.24) is 4.31 Å². The molecule has 0 bridgehead atoms. The van der Waals surface area contributed by atoms with Gasteiger partial charge in [0, 0.05) is 26.8 Å². The highest BCUT2D eigenvalue weighted by molar-refractivity contribution is 7.89. The summed E-state index contributed by atoms with van der Waals surface area (Å²) >= 11 is 0. The van der Waals surface area contributed by atoms with E-state index in [0.29, 0.717) is 0 Å². The Hall–Kier alpha value is -0.700. The van der Waals surface area contributed by atoms with E-state index in [0.717, 1.165) is 4.31 Å². The quantitative estimate of drug-likeness (QED) is 0.600. The Labute approximate surface area is 101 Å². The summed E-state index contributed by atoms with van der Waals surface area (Å²) in [5.41, 5.74) is 0. The molecule has 7 nitrogen and oxygen atoms in total. The molecule has 1 unspecified atom stereocenters. The van der Waals surface area contributed by atoms with E-state index in [1.54, 1.807) is 6.92 Å². The topological polar surface area (TPSA) is 93.1 Å². The van der Waals surface area contributed by atoms with Crippen LogP contribution in [0.4, 0.5) is 0 Å². The van der Waals surface area contributed by atoms with Gasteiger partial charge in [0.2, 0.25) is 10.0 Å². The molecule has 1 atom stereocenters. The molecule has 0 saturated heterocycles. The van der Waals surface area contributed by atoms with Gasteiger partial charge in [-0.1, -0.05) is 0 Å². The Bertz CT molecular complexity index is 328. The SMILES string of the molecule is COCCN(C(C)COC)S(=O)(=O)CC(=O)O. The molecular formula is C9H19NO6S. The van der Waals surface area contributed by atoms with Gasteiger partial charge in [-0.3, -0.25) is 4.79 Å². The highest BCUT2D eigenvalue weighted by Gasteiger charge is 2.29. The van der Waals surface area contributed by atoms with Crippen molar-refractivity contribution in [2.24, 2.45) is 0 Å². The molecule has 8 heteroatoms. The van der Waals surface area contributed by atoms with Gasteiger partial charge in [0.05, 0.1) is 13.2 Å². The second-order valence-electron chi connectivity index (χ2n) is 3.56. The lowest BCUT2D eigenvalue weighted by molar-refractivity contribution is -0.134. The lowest BCUT2D eigenvalue weighted by Crippen LogP contribution is -2.45. The molecule has 0 aliphatic heterocycles. The minimum Gasteiger partial charge on any atom is -0.480 e. The summed E-state index contributed by atoms with van der Waals surface area (Å²) in [5, 5.41) is 8.57. The van der Waals surface area contributed by atoms with E-state index >= 15 is 0 Å². The summed E-state index contributed by atoms with van der Waals surface area (Å²) in [6.07, 6.45) is 0. The second kappa shape index (κ2) is 7.59.